The third-order valence-electron chi connectivity index (χ3n) is 4.66. The maximum atomic E-state index is 12.5. The lowest BCUT2D eigenvalue weighted by molar-refractivity contribution is -0.122. The number of carbonyl (C=O) groups excluding carboxylic acids is 1. The summed E-state index contributed by atoms with van der Waals surface area (Å²) in [7, 11) is 4.73. The molecule has 3 rings (SSSR count). The van der Waals surface area contributed by atoms with E-state index in [1.54, 1.807) is 21.3 Å². The molecule has 0 unspecified atom stereocenters. The lowest BCUT2D eigenvalue weighted by Crippen LogP contribution is -2.32. The van der Waals surface area contributed by atoms with Gasteiger partial charge in [0, 0.05) is 18.4 Å². The summed E-state index contributed by atoms with van der Waals surface area (Å²) in [4.78, 5) is 12.5. The van der Waals surface area contributed by atoms with Crippen LogP contribution >= 0.6 is 0 Å². The van der Waals surface area contributed by atoms with E-state index >= 15 is 0 Å². The normalized spacial score (nSPS) is 15.3. The van der Waals surface area contributed by atoms with Crippen LogP contribution in [-0.4, -0.2) is 33.8 Å². The molecule has 0 aromatic heterocycles. The number of aryl methyl sites for hydroxylation is 1. The molecule has 27 heavy (non-hydrogen) atoms. The van der Waals surface area contributed by atoms with Crippen molar-refractivity contribution < 1.29 is 23.7 Å². The second kappa shape index (κ2) is 8.66. The summed E-state index contributed by atoms with van der Waals surface area (Å²) in [6.07, 6.45) is 1.72. The van der Waals surface area contributed by atoms with Crippen LogP contribution in [-0.2, 0) is 11.2 Å². The minimum atomic E-state index is -0.0117. The van der Waals surface area contributed by atoms with Crippen LogP contribution in [0.5, 0.6) is 23.0 Å². The summed E-state index contributed by atoms with van der Waals surface area (Å²) in [6, 6.07) is 11.6. The van der Waals surface area contributed by atoms with Gasteiger partial charge in [0.25, 0.3) is 0 Å². The fourth-order valence-corrected chi connectivity index (χ4v) is 3.30. The number of fused-ring (bicyclic) bond motifs is 1. The highest BCUT2D eigenvalue weighted by Gasteiger charge is 2.22. The highest BCUT2D eigenvalue weighted by Crippen LogP contribution is 2.38. The molecule has 2 aromatic rings. The van der Waals surface area contributed by atoms with E-state index in [0.717, 1.165) is 23.3 Å². The summed E-state index contributed by atoms with van der Waals surface area (Å²) in [5, 5.41) is 3.12. The van der Waals surface area contributed by atoms with Gasteiger partial charge in [0.1, 0.15) is 5.75 Å². The van der Waals surface area contributed by atoms with Gasteiger partial charge in [-0.05, 0) is 30.2 Å². The molecule has 1 aliphatic rings. The average Bonchev–Trinajstić information content (AvgIpc) is 2.71. The third kappa shape index (κ3) is 4.27. The molecule has 0 spiro atoms. The molecular weight excluding hydrogens is 346 g/mol. The Balaban J connectivity index is 1.65. The Kier molecular flexibility index (Phi) is 6.06. The van der Waals surface area contributed by atoms with Crippen molar-refractivity contribution in [1.82, 2.24) is 5.32 Å². The van der Waals surface area contributed by atoms with Gasteiger partial charge in [-0.15, -0.1) is 0 Å². The zero-order valence-electron chi connectivity index (χ0n) is 15.9. The zero-order chi connectivity index (χ0) is 19.2. The summed E-state index contributed by atoms with van der Waals surface area (Å²) >= 11 is 0. The van der Waals surface area contributed by atoms with Gasteiger partial charge >= 0.3 is 0 Å². The lowest BCUT2D eigenvalue weighted by Gasteiger charge is -2.26. The Morgan fingerprint density at radius 1 is 1.11 bits per heavy atom. The Morgan fingerprint density at radius 2 is 1.81 bits per heavy atom. The van der Waals surface area contributed by atoms with Crippen molar-refractivity contribution in [2.24, 2.45) is 0 Å². The molecule has 6 nitrogen and oxygen atoms in total. The van der Waals surface area contributed by atoms with E-state index in [1.807, 2.05) is 36.4 Å². The number of ether oxygens (including phenoxy) is 4. The standard InChI is InChI=1S/C21H25NO5/c1-24-18-12-14(13-19(25-2)21(18)26-3)8-9-20(23)22-16-10-11-27-17-7-5-4-6-15(16)17/h4-7,12-13,16H,8-11H2,1-3H3,(H,22,23)/t16-/m0/s1. The molecule has 0 fully saturated rings. The van der Waals surface area contributed by atoms with Crippen LogP contribution in [0, 0.1) is 0 Å². The van der Waals surface area contributed by atoms with Crippen molar-refractivity contribution in [2.45, 2.75) is 25.3 Å². The van der Waals surface area contributed by atoms with Crippen molar-refractivity contribution in [3.63, 3.8) is 0 Å². The van der Waals surface area contributed by atoms with E-state index in [-0.39, 0.29) is 11.9 Å². The van der Waals surface area contributed by atoms with Crippen molar-refractivity contribution in [3.05, 3.63) is 47.5 Å². The highest BCUT2D eigenvalue weighted by molar-refractivity contribution is 5.77. The minimum absolute atomic E-state index is 0.00505. The number of para-hydroxylation sites is 1. The van der Waals surface area contributed by atoms with Gasteiger partial charge in [0.2, 0.25) is 11.7 Å². The van der Waals surface area contributed by atoms with Crippen LogP contribution < -0.4 is 24.3 Å². The van der Waals surface area contributed by atoms with E-state index < -0.39 is 0 Å². The molecule has 1 amide bonds. The molecule has 0 radical (unpaired) electrons. The van der Waals surface area contributed by atoms with Gasteiger partial charge < -0.3 is 24.3 Å². The molecule has 0 saturated carbocycles. The number of hydrogen-bond donors (Lipinski definition) is 1. The van der Waals surface area contributed by atoms with E-state index in [1.165, 1.54) is 0 Å². The Bertz CT molecular complexity index is 780. The van der Waals surface area contributed by atoms with Crippen LogP contribution in [0.1, 0.15) is 30.0 Å². The molecule has 6 heteroatoms. The molecule has 1 N–H and O–H groups in total. The zero-order valence-corrected chi connectivity index (χ0v) is 15.9. The van der Waals surface area contributed by atoms with E-state index in [9.17, 15) is 4.79 Å². The van der Waals surface area contributed by atoms with Crippen LogP contribution in [0.15, 0.2) is 36.4 Å². The van der Waals surface area contributed by atoms with E-state index in [2.05, 4.69) is 5.32 Å². The predicted octanol–water partition coefficient (Wildman–Crippen LogP) is 3.29. The number of nitrogens with one attached hydrogen (secondary N) is 1. The van der Waals surface area contributed by atoms with Gasteiger partial charge in [-0.2, -0.15) is 0 Å². The van der Waals surface area contributed by atoms with Gasteiger partial charge in [-0.25, -0.2) is 0 Å². The Labute approximate surface area is 159 Å². The first-order chi connectivity index (χ1) is 13.2. The Morgan fingerprint density at radius 3 is 2.48 bits per heavy atom. The molecule has 0 aliphatic carbocycles. The monoisotopic (exact) mass is 371 g/mol. The molecule has 0 bridgehead atoms. The number of methoxy groups -OCH3 is 3. The molecule has 1 atom stereocenters. The molecule has 2 aromatic carbocycles. The van der Waals surface area contributed by atoms with Crippen LogP contribution in [0.25, 0.3) is 0 Å². The topological polar surface area (TPSA) is 66.0 Å². The van der Waals surface area contributed by atoms with Crippen LogP contribution in [0.4, 0.5) is 0 Å². The average molecular weight is 371 g/mol. The predicted molar refractivity (Wildman–Crippen MR) is 102 cm³/mol. The number of hydrogen-bond acceptors (Lipinski definition) is 5. The number of carbonyl (C=O) groups is 1. The maximum absolute atomic E-state index is 12.5. The number of amides is 1. The highest BCUT2D eigenvalue weighted by atomic mass is 16.5. The van der Waals surface area contributed by atoms with E-state index in [0.29, 0.717) is 36.7 Å². The van der Waals surface area contributed by atoms with Crippen LogP contribution in [0.3, 0.4) is 0 Å². The van der Waals surface area contributed by atoms with Crippen molar-refractivity contribution in [1.29, 1.82) is 0 Å². The quantitative estimate of drug-likeness (QED) is 0.809. The Hall–Kier alpha value is -2.89. The fourth-order valence-electron chi connectivity index (χ4n) is 3.30. The molecule has 1 aliphatic heterocycles. The maximum Gasteiger partial charge on any atom is 0.220 e. The van der Waals surface area contributed by atoms with Gasteiger partial charge in [0.05, 0.1) is 34.0 Å². The second-order valence-corrected chi connectivity index (χ2v) is 6.33. The van der Waals surface area contributed by atoms with Crippen LogP contribution in [0.2, 0.25) is 0 Å². The van der Waals surface area contributed by atoms with Crippen molar-refractivity contribution >= 4 is 5.91 Å². The van der Waals surface area contributed by atoms with Gasteiger partial charge in [0.15, 0.2) is 11.5 Å². The smallest absolute Gasteiger partial charge is 0.220 e. The fraction of sp³-hybridized carbons (Fsp3) is 0.381. The van der Waals surface area contributed by atoms with Gasteiger partial charge in [-0.1, -0.05) is 18.2 Å². The first-order valence-corrected chi connectivity index (χ1v) is 8.96. The molecule has 0 saturated heterocycles. The summed E-state index contributed by atoms with van der Waals surface area (Å²) in [6.45, 7) is 0.606. The second-order valence-electron chi connectivity index (χ2n) is 6.33. The minimum Gasteiger partial charge on any atom is -0.493 e. The largest absolute Gasteiger partial charge is 0.493 e. The third-order valence-corrected chi connectivity index (χ3v) is 4.66. The lowest BCUT2D eigenvalue weighted by atomic mass is 10.00. The number of benzene rings is 2. The van der Waals surface area contributed by atoms with Gasteiger partial charge in [-0.3, -0.25) is 4.79 Å². The molecule has 1 heterocycles. The summed E-state index contributed by atoms with van der Waals surface area (Å²) in [5.74, 6) is 2.58. The van der Waals surface area contributed by atoms with Crippen molar-refractivity contribution in [3.8, 4) is 23.0 Å². The van der Waals surface area contributed by atoms with E-state index in [4.69, 9.17) is 18.9 Å². The summed E-state index contributed by atoms with van der Waals surface area (Å²) < 4.78 is 21.7. The first-order valence-electron chi connectivity index (χ1n) is 8.96. The molecular formula is C21H25NO5. The summed E-state index contributed by atoms with van der Waals surface area (Å²) in [5.41, 5.74) is 1.98. The number of rotatable bonds is 7. The SMILES string of the molecule is COc1cc(CCC(=O)N[C@H]2CCOc3ccccc32)cc(OC)c1OC. The van der Waals surface area contributed by atoms with Crippen molar-refractivity contribution in [2.75, 3.05) is 27.9 Å². The first kappa shape index (κ1) is 18.9. The molecule has 144 valence electrons.